The molecule has 0 radical (unpaired) electrons. The fourth-order valence-corrected chi connectivity index (χ4v) is 9.42. The van der Waals surface area contributed by atoms with Crippen molar-refractivity contribution >= 4 is 5.97 Å². The highest BCUT2D eigenvalue weighted by Gasteiger charge is 2.59. The lowest BCUT2D eigenvalue weighted by Gasteiger charge is -2.61. The first-order valence-electron chi connectivity index (χ1n) is 13.7. The predicted octanol–water partition coefficient (Wildman–Crippen LogP) is 6.54. The standard InChI is InChI=1S/C29H46O3/c1-17(2)19-14-26(32-27(31)15-19)18(3)23-8-9-24-22-7-6-20-16-21(30)10-12-28(20,4)25(22)11-13-29(23,24)5/h8,17-22,24-26,30H,6-7,9-16H2,1-5H3/t18-,19+,20?,21-,22?,24?,25?,26?,28-,29+/m0/s1. The molecule has 4 aliphatic carbocycles. The van der Waals surface area contributed by atoms with Crippen LogP contribution in [0.4, 0.5) is 0 Å². The number of hydrogen-bond donors (Lipinski definition) is 1. The van der Waals surface area contributed by atoms with Crippen LogP contribution < -0.4 is 0 Å². The maximum Gasteiger partial charge on any atom is 0.306 e. The summed E-state index contributed by atoms with van der Waals surface area (Å²) in [5.41, 5.74) is 2.31. The lowest BCUT2D eigenvalue weighted by Crippen LogP contribution is -2.54. The Hall–Kier alpha value is -0.830. The van der Waals surface area contributed by atoms with Crippen LogP contribution in [0.2, 0.25) is 0 Å². The summed E-state index contributed by atoms with van der Waals surface area (Å²) in [6.45, 7) is 12.0. The van der Waals surface area contributed by atoms with Gasteiger partial charge in [0.05, 0.1) is 6.10 Å². The fourth-order valence-electron chi connectivity index (χ4n) is 9.42. The van der Waals surface area contributed by atoms with Crippen molar-refractivity contribution in [3.63, 3.8) is 0 Å². The van der Waals surface area contributed by atoms with Crippen molar-refractivity contribution < 1.29 is 14.6 Å². The third-order valence-electron chi connectivity index (χ3n) is 11.5. The van der Waals surface area contributed by atoms with Gasteiger partial charge < -0.3 is 9.84 Å². The van der Waals surface area contributed by atoms with E-state index in [-0.39, 0.29) is 23.6 Å². The number of esters is 1. The minimum atomic E-state index is -0.0630. The molecule has 180 valence electrons. The minimum absolute atomic E-state index is 0.0153. The zero-order valence-electron chi connectivity index (χ0n) is 21.1. The van der Waals surface area contributed by atoms with E-state index in [0.717, 1.165) is 42.9 Å². The normalized spacial score (nSPS) is 49.5. The summed E-state index contributed by atoms with van der Waals surface area (Å²) in [4.78, 5) is 12.4. The van der Waals surface area contributed by atoms with Gasteiger partial charge in [-0.25, -0.2) is 0 Å². The van der Waals surface area contributed by atoms with Crippen LogP contribution in [-0.4, -0.2) is 23.3 Å². The number of hydrogen-bond acceptors (Lipinski definition) is 3. The molecule has 10 atom stereocenters. The molecule has 0 aromatic carbocycles. The Bertz CT molecular complexity index is 770. The summed E-state index contributed by atoms with van der Waals surface area (Å²) in [5, 5.41) is 10.3. The highest BCUT2D eigenvalue weighted by Crippen LogP contribution is 2.67. The highest BCUT2D eigenvalue weighted by molar-refractivity contribution is 5.70. The van der Waals surface area contributed by atoms with Gasteiger partial charge in [-0.2, -0.15) is 0 Å². The van der Waals surface area contributed by atoms with Gasteiger partial charge >= 0.3 is 5.97 Å². The summed E-state index contributed by atoms with van der Waals surface area (Å²) in [6.07, 6.45) is 13.9. The van der Waals surface area contributed by atoms with Gasteiger partial charge in [-0.05, 0) is 104 Å². The van der Waals surface area contributed by atoms with Crippen LogP contribution >= 0.6 is 0 Å². The lowest BCUT2D eigenvalue weighted by molar-refractivity contribution is -0.161. The van der Waals surface area contributed by atoms with E-state index in [1.54, 1.807) is 5.57 Å². The SMILES string of the molecule is CC(C)[C@H]1CC(=O)OC([C@@H](C)C2=CCC3C4CCC5C[C@@H](O)CC[C@]5(C)C4CC[C@]23C)C1. The molecular weight excluding hydrogens is 396 g/mol. The lowest BCUT2D eigenvalue weighted by atomic mass is 9.44. The molecule has 1 N–H and O–H groups in total. The van der Waals surface area contributed by atoms with E-state index in [1.807, 2.05) is 0 Å². The Morgan fingerprint density at radius 3 is 2.56 bits per heavy atom. The Kier molecular flexibility index (Phi) is 5.83. The van der Waals surface area contributed by atoms with Gasteiger partial charge in [0, 0.05) is 12.3 Å². The maximum atomic E-state index is 12.4. The van der Waals surface area contributed by atoms with Gasteiger partial charge in [0.25, 0.3) is 0 Å². The number of aliphatic hydroxyl groups is 1. The second-order valence-corrected chi connectivity index (χ2v) is 13.2. The molecule has 0 spiro atoms. The first kappa shape index (κ1) is 22.9. The van der Waals surface area contributed by atoms with Gasteiger partial charge in [-0.15, -0.1) is 0 Å². The molecule has 0 aromatic heterocycles. The molecule has 0 aromatic rings. The first-order chi connectivity index (χ1) is 15.1. The maximum absolute atomic E-state index is 12.4. The fraction of sp³-hybridized carbons (Fsp3) is 0.897. The smallest absolute Gasteiger partial charge is 0.306 e. The predicted molar refractivity (Wildman–Crippen MR) is 128 cm³/mol. The summed E-state index contributed by atoms with van der Waals surface area (Å²) < 4.78 is 5.97. The molecule has 5 aliphatic rings. The topological polar surface area (TPSA) is 46.5 Å². The summed E-state index contributed by atoms with van der Waals surface area (Å²) in [6, 6.07) is 0. The van der Waals surface area contributed by atoms with Crippen molar-refractivity contribution in [1.29, 1.82) is 0 Å². The molecule has 1 saturated heterocycles. The van der Waals surface area contributed by atoms with Crippen molar-refractivity contribution in [2.45, 2.75) is 111 Å². The molecule has 0 bridgehead atoms. The van der Waals surface area contributed by atoms with Gasteiger partial charge in [0.1, 0.15) is 6.10 Å². The third kappa shape index (κ3) is 3.51. The molecule has 3 nitrogen and oxygen atoms in total. The van der Waals surface area contributed by atoms with Crippen LogP contribution in [0.5, 0.6) is 0 Å². The molecule has 5 unspecified atom stereocenters. The van der Waals surface area contributed by atoms with Crippen LogP contribution in [0.25, 0.3) is 0 Å². The van der Waals surface area contributed by atoms with Crippen LogP contribution in [0.1, 0.15) is 98.8 Å². The summed E-state index contributed by atoms with van der Waals surface area (Å²) in [5.74, 6) is 4.48. The van der Waals surface area contributed by atoms with E-state index in [2.05, 4.69) is 40.7 Å². The van der Waals surface area contributed by atoms with Gasteiger partial charge in [0.15, 0.2) is 0 Å². The van der Waals surface area contributed by atoms with Crippen molar-refractivity contribution in [3.05, 3.63) is 11.6 Å². The van der Waals surface area contributed by atoms with Crippen molar-refractivity contribution in [1.82, 2.24) is 0 Å². The van der Waals surface area contributed by atoms with E-state index >= 15 is 0 Å². The monoisotopic (exact) mass is 442 g/mol. The number of carbonyl (C=O) groups excluding carboxylic acids is 1. The van der Waals surface area contributed by atoms with E-state index in [0.29, 0.717) is 29.6 Å². The highest BCUT2D eigenvalue weighted by atomic mass is 16.5. The Morgan fingerprint density at radius 2 is 1.81 bits per heavy atom. The zero-order valence-corrected chi connectivity index (χ0v) is 21.1. The van der Waals surface area contributed by atoms with E-state index < -0.39 is 0 Å². The molecule has 3 saturated carbocycles. The Morgan fingerprint density at radius 1 is 1.03 bits per heavy atom. The van der Waals surface area contributed by atoms with Gasteiger partial charge in [-0.1, -0.05) is 46.3 Å². The van der Waals surface area contributed by atoms with Crippen molar-refractivity contribution in [2.24, 2.45) is 52.3 Å². The average molecular weight is 443 g/mol. The molecule has 1 heterocycles. The number of aliphatic hydroxyl groups excluding tert-OH is 1. The number of allylic oxidation sites excluding steroid dienone is 1. The molecular formula is C29H46O3. The molecule has 32 heavy (non-hydrogen) atoms. The van der Waals surface area contributed by atoms with Crippen LogP contribution in [-0.2, 0) is 9.53 Å². The molecule has 1 aliphatic heterocycles. The molecule has 3 heteroatoms. The molecule has 4 fully saturated rings. The quantitative estimate of drug-likeness (QED) is 0.399. The van der Waals surface area contributed by atoms with Gasteiger partial charge in [-0.3, -0.25) is 4.79 Å². The Balaban J connectivity index is 1.34. The zero-order chi connectivity index (χ0) is 22.8. The number of ether oxygens (including phenoxy) is 1. The minimum Gasteiger partial charge on any atom is -0.462 e. The second kappa shape index (κ2) is 8.14. The first-order valence-corrected chi connectivity index (χ1v) is 13.7. The Labute approximate surface area is 195 Å². The number of fused-ring (bicyclic) bond motifs is 5. The number of rotatable bonds is 3. The summed E-state index contributed by atoms with van der Waals surface area (Å²) >= 11 is 0. The number of cyclic esters (lactones) is 1. The van der Waals surface area contributed by atoms with Crippen LogP contribution in [0.15, 0.2) is 11.6 Å². The van der Waals surface area contributed by atoms with Crippen LogP contribution in [0.3, 0.4) is 0 Å². The van der Waals surface area contributed by atoms with Crippen molar-refractivity contribution in [3.8, 4) is 0 Å². The van der Waals surface area contributed by atoms with E-state index in [9.17, 15) is 9.90 Å². The van der Waals surface area contributed by atoms with Crippen LogP contribution in [0, 0.1) is 52.3 Å². The average Bonchev–Trinajstić information content (AvgIpc) is 3.10. The van der Waals surface area contributed by atoms with E-state index in [1.165, 1.54) is 38.5 Å². The molecule has 5 rings (SSSR count). The number of carbonyl (C=O) groups is 1. The molecule has 0 amide bonds. The van der Waals surface area contributed by atoms with Crippen molar-refractivity contribution in [2.75, 3.05) is 0 Å². The largest absolute Gasteiger partial charge is 0.462 e. The van der Waals surface area contributed by atoms with Gasteiger partial charge in [0.2, 0.25) is 0 Å². The third-order valence-corrected chi connectivity index (χ3v) is 11.5. The van der Waals surface area contributed by atoms with E-state index in [4.69, 9.17) is 4.74 Å². The second-order valence-electron chi connectivity index (χ2n) is 13.2. The summed E-state index contributed by atoms with van der Waals surface area (Å²) in [7, 11) is 0.